The van der Waals surface area contributed by atoms with Crippen LogP contribution in [-0.4, -0.2) is 11.8 Å². The lowest BCUT2D eigenvalue weighted by atomic mass is 10.1. The fourth-order valence-electron chi connectivity index (χ4n) is 1.77. The summed E-state index contributed by atoms with van der Waals surface area (Å²) in [6.45, 7) is 1.93. The van der Waals surface area contributed by atoms with Crippen LogP contribution in [0.5, 0.6) is 0 Å². The third-order valence-electron chi connectivity index (χ3n) is 2.66. The van der Waals surface area contributed by atoms with E-state index in [0.717, 1.165) is 5.76 Å². The van der Waals surface area contributed by atoms with Crippen LogP contribution in [0.15, 0.2) is 53.0 Å². The second kappa shape index (κ2) is 6.16. The number of hydrogen-bond acceptors (Lipinski definition) is 3. The van der Waals surface area contributed by atoms with Crippen molar-refractivity contribution in [3.63, 3.8) is 0 Å². The molecule has 0 fully saturated rings. The Bertz CT molecular complexity index is 567. The van der Waals surface area contributed by atoms with E-state index in [-0.39, 0.29) is 11.8 Å². The molecule has 0 saturated heterocycles. The highest BCUT2D eigenvalue weighted by Crippen LogP contribution is 2.12. The van der Waals surface area contributed by atoms with Crippen LogP contribution in [0.3, 0.4) is 0 Å². The molecule has 0 bridgehead atoms. The van der Waals surface area contributed by atoms with Gasteiger partial charge in [0.2, 0.25) is 0 Å². The van der Waals surface area contributed by atoms with E-state index < -0.39 is 0 Å². The van der Waals surface area contributed by atoms with E-state index in [1.54, 1.807) is 18.2 Å². The predicted octanol–water partition coefficient (Wildman–Crippen LogP) is 3.07. The van der Waals surface area contributed by atoms with Crippen LogP contribution in [0, 0.1) is 0 Å². The number of ketones is 1. The minimum Gasteiger partial charge on any atom is -0.462 e. The topological polar surface area (TPSA) is 56.2 Å². The van der Waals surface area contributed by atoms with Crippen LogP contribution < -0.4 is 5.73 Å². The summed E-state index contributed by atoms with van der Waals surface area (Å²) in [4.78, 5) is 11.9. The Morgan fingerprint density at radius 1 is 1.26 bits per heavy atom. The lowest BCUT2D eigenvalue weighted by Gasteiger charge is -1.99. The zero-order valence-corrected chi connectivity index (χ0v) is 10.9. The molecular weight excluding hydrogens is 238 g/mol. The molecule has 98 valence electrons. The lowest BCUT2D eigenvalue weighted by molar-refractivity contribution is 0.104. The summed E-state index contributed by atoms with van der Waals surface area (Å²) < 4.78 is 5.56. The van der Waals surface area contributed by atoms with Crippen molar-refractivity contribution in [2.24, 2.45) is 5.73 Å². The van der Waals surface area contributed by atoms with Crippen LogP contribution in [0.25, 0.3) is 6.08 Å². The van der Waals surface area contributed by atoms with Gasteiger partial charge < -0.3 is 10.2 Å². The fourth-order valence-corrected chi connectivity index (χ4v) is 1.77. The summed E-state index contributed by atoms with van der Waals surface area (Å²) >= 11 is 0. The second-order valence-electron chi connectivity index (χ2n) is 4.55. The molecule has 1 atom stereocenters. The monoisotopic (exact) mass is 255 g/mol. The minimum atomic E-state index is -0.0363. The number of allylic oxidation sites excluding steroid dienone is 1. The van der Waals surface area contributed by atoms with Crippen molar-refractivity contribution in [3.8, 4) is 0 Å². The molecule has 3 nitrogen and oxygen atoms in total. The molecular formula is C16H17NO2. The molecule has 0 aliphatic rings. The van der Waals surface area contributed by atoms with Gasteiger partial charge in [-0.05, 0) is 31.2 Å². The molecule has 2 aromatic rings. The van der Waals surface area contributed by atoms with E-state index in [4.69, 9.17) is 10.2 Å². The van der Waals surface area contributed by atoms with Gasteiger partial charge in [-0.2, -0.15) is 0 Å². The minimum absolute atomic E-state index is 0.0363. The molecule has 0 aliphatic carbocycles. The van der Waals surface area contributed by atoms with Gasteiger partial charge in [-0.1, -0.05) is 30.3 Å². The predicted molar refractivity (Wildman–Crippen MR) is 75.9 cm³/mol. The van der Waals surface area contributed by atoms with E-state index in [1.165, 1.54) is 6.08 Å². The van der Waals surface area contributed by atoms with Gasteiger partial charge in [-0.15, -0.1) is 0 Å². The summed E-state index contributed by atoms with van der Waals surface area (Å²) in [5, 5.41) is 0. The number of furan rings is 1. The first kappa shape index (κ1) is 13.3. The Balaban J connectivity index is 2.03. The quantitative estimate of drug-likeness (QED) is 0.660. The van der Waals surface area contributed by atoms with E-state index >= 15 is 0 Å². The molecule has 3 heteroatoms. The summed E-state index contributed by atoms with van der Waals surface area (Å²) in [6.07, 6.45) is 3.89. The Hall–Kier alpha value is -2.13. The van der Waals surface area contributed by atoms with Crippen LogP contribution in [-0.2, 0) is 6.42 Å². The first-order valence-corrected chi connectivity index (χ1v) is 6.27. The Kier molecular flexibility index (Phi) is 4.31. The Labute approximate surface area is 112 Å². The number of carbonyl (C=O) groups is 1. The Morgan fingerprint density at radius 3 is 2.68 bits per heavy atom. The third kappa shape index (κ3) is 3.93. The van der Waals surface area contributed by atoms with Crippen LogP contribution >= 0.6 is 0 Å². The van der Waals surface area contributed by atoms with E-state index in [9.17, 15) is 4.79 Å². The molecule has 0 amide bonds. The molecule has 1 aromatic heterocycles. The summed E-state index contributed by atoms with van der Waals surface area (Å²) in [5.74, 6) is 1.47. The molecule has 0 spiro atoms. The molecule has 2 N–H and O–H groups in total. The van der Waals surface area contributed by atoms with Crippen LogP contribution in [0.2, 0.25) is 0 Å². The van der Waals surface area contributed by atoms with Gasteiger partial charge >= 0.3 is 0 Å². The number of carbonyl (C=O) groups excluding carboxylic acids is 1. The average molecular weight is 255 g/mol. The van der Waals surface area contributed by atoms with E-state index in [2.05, 4.69) is 0 Å². The zero-order chi connectivity index (χ0) is 13.7. The zero-order valence-electron chi connectivity index (χ0n) is 10.9. The van der Waals surface area contributed by atoms with Gasteiger partial charge in [0, 0.05) is 18.0 Å². The van der Waals surface area contributed by atoms with E-state index in [1.807, 2.05) is 37.3 Å². The SMILES string of the molecule is CC(N)Cc1ccc(/C=C/C(=O)c2ccccc2)o1. The van der Waals surface area contributed by atoms with Crippen molar-refractivity contribution >= 4 is 11.9 Å². The van der Waals surface area contributed by atoms with Crippen molar-refractivity contribution in [3.05, 3.63) is 65.6 Å². The number of nitrogens with two attached hydrogens (primary N) is 1. The standard InChI is InChI=1S/C16H17NO2/c1-12(17)11-15-8-7-14(19-15)9-10-16(18)13-5-3-2-4-6-13/h2-10,12H,11,17H2,1H3/b10-9+. The number of hydrogen-bond donors (Lipinski definition) is 1. The molecule has 0 saturated carbocycles. The van der Waals surface area contributed by atoms with Crippen LogP contribution in [0.4, 0.5) is 0 Å². The van der Waals surface area contributed by atoms with Crippen molar-refractivity contribution in [2.45, 2.75) is 19.4 Å². The smallest absolute Gasteiger partial charge is 0.185 e. The number of rotatable bonds is 5. The highest BCUT2D eigenvalue weighted by molar-refractivity contribution is 6.06. The first-order valence-electron chi connectivity index (χ1n) is 6.27. The number of benzene rings is 1. The summed E-state index contributed by atoms with van der Waals surface area (Å²) in [6, 6.07) is 12.9. The molecule has 0 aliphatic heterocycles. The molecule has 1 heterocycles. The van der Waals surface area contributed by atoms with Crippen molar-refractivity contribution in [1.82, 2.24) is 0 Å². The van der Waals surface area contributed by atoms with Crippen LogP contribution in [0.1, 0.15) is 28.8 Å². The lowest BCUT2D eigenvalue weighted by Crippen LogP contribution is -2.17. The molecule has 0 radical (unpaired) electrons. The fraction of sp³-hybridized carbons (Fsp3) is 0.188. The summed E-state index contributed by atoms with van der Waals surface area (Å²) in [5.41, 5.74) is 6.37. The molecule has 2 rings (SSSR count). The maximum atomic E-state index is 11.9. The normalized spacial score (nSPS) is 12.7. The van der Waals surface area contributed by atoms with Gasteiger partial charge in [0.15, 0.2) is 5.78 Å². The van der Waals surface area contributed by atoms with Crippen molar-refractivity contribution < 1.29 is 9.21 Å². The largest absolute Gasteiger partial charge is 0.462 e. The van der Waals surface area contributed by atoms with Gasteiger partial charge in [-0.3, -0.25) is 4.79 Å². The van der Waals surface area contributed by atoms with Gasteiger partial charge in [-0.25, -0.2) is 0 Å². The molecule has 1 aromatic carbocycles. The Morgan fingerprint density at radius 2 is 2.00 bits per heavy atom. The van der Waals surface area contributed by atoms with Crippen molar-refractivity contribution in [1.29, 1.82) is 0 Å². The maximum absolute atomic E-state index is 11.9. The highest BCUT2D eigenvalue weighted by Gasteiger charge is 2.04. The highest BCUT2D eigenvalue weighted by atomic mass is 16.3. The van der Waals surface area contributed by atoms with E-state index in [0.29, 0.717) is 17.7 Å². The third-order valence-corrected chi connectivity index (χ3v) is 2.66. The van der Waals surface area contributed by atoms with Crippen molar-refractivity contribution in [2.75, 3.05) is 0 Å². The van der Waals surface area contributed by atoms with Gasteiger partial charge in [0.25, 0.3) is 0 Å². The van der Waals surface area contributed by atoms with Gasteiger partial charge in [0.1, 0.15) is 11.5 Å². The molecule has 19 heavy (non-hydrogen) atoms. The van der Waals surface area contributed by atoms with Gasteiger partial charge in [0.05, 0.1) is 0 Å². The summed E-state index contributed by atoms with van der Waals surface area (Å²) in [7, 11) is 0. The molecule has 1 unspecified atom stereocenters. The first-order chi connectivity index (χ1) is 9.15. The maximum Gasteiger partial charge on any atom is 0.185 e. The second-order valence-corrected chi connectivity index (χ2v) is 4.55. The average Bonchev–Trinajstić information content (AvgIpc) is 2.84.